The molecule has 0 radical (unpaired) electrons. The number of aliphatic hydroxyl groups is 1. The fourth-order valence-electron chi connectivity index (χ4n) is 2.71. The maximum absolute atomic E-state index is 12.4. The van der Waals surface area contributed by atoms with Gasteiger partial charge in [0.1, 0.15) is 5.69 Å². The molecule has 0 aliphatic carbocycles. The van der Waals surface area contributed by atoms with Crippen molar-refractivity contribution < 1.29 is 14.8 Å². The summed E-state index contributed by atoms with van der Waals surface area (Å²) < 4.78 is 0. The second kappa shape index (κ2) is 6.67. The molecule has 1 amide bonds. The maximum atomic E-state index is 12.4. The van der Waals surface area contributed by atoms with Crippen molar-refractivity contribution in [1.82, 2.24) is 4.90 Å². The Morgan fingerprint density at radius 1 is 1.25 bits per heavy atom. The van der Waals surface area contributed by atoms with Gasteiger partial charge in [-0.1, -0.05) is 18.2 Å². The third kappa shape index (κ3) is 3.36. The zero-order valence-corrected chi connectivity index (χ0v) is 12.9. The lowest BCUT2D eigenvalue weighted by Gasteiger charge is -2.16. The van der Waals surface area contributed by atoms with Gasteiger partial charge in [0, 0.05) is 30.4 Å². The maximum Gasteiger partial charge on any atom is 0.293 e. The number of β-amino-alcohol motifs (C(OH)–C–C–N with tert-alkyl or cyclic N) is 1. The number of aliphatic hydroxyl groups excluding tert-OH is 1. The highest BCUT2D eigenvalue weighted by atomic mass is 16.6. The largest absolute Gasteiger partial charge is 0.391 e. The van der Waals surface area contributed by atoms with Gasteiger partial charge in [0.25, 0.3) is 11.6 Å². The zero-order valence-electron chi connectivity index (χ0n) is 12.9. The van der Waals surface area contributed by atoms with Crippen molar-refractivity contribution in [3.8, 4) is 0 Å². The Hall–Kier alpha value is -2.93. The van der Waals surface area contributed by atoms with Gasteiger partial charge in [0.05, 0.1) is 11.0 Å². The van der Waals surface area contributed by atoms with Gasteiger partial charge in [-0.25, -0.2) is 0 Å². The number of hydrogen-bond acceptors (Lipinski definition) is 5. The summed E-state index contributed by atoms with van der Waals surface area (Å²) in [7, 11) is 0. The molecule has 124 valence electrons. The molecular weight excluding hydrogens is 310 g/mol. The minimum absolute atomic E-state index is 0.163. The number of hydrogen-bond donors (Lipinski definition) is 2. The molecule has 1 fully saturated rings. The van der Waals surface area contributed by atoms with Crippen molar-refractivity contribution >= 4 is 23.0 Å². The first-order valence-electron chi connectivity index (χ1n) is 7.62. The lowest BCUT2D eigenvalue weighted by atomic mass is 10.1. The topological polar surface area (TPSA) is 95.7 Å². The number of carbonyl (C=O) groups excluding carboxylic acids is 1. The van der Waals surface area contributed by atoms with Crippen molar-refractivity contribution in [3.63, 3.8) is 0 Å². The minimum atomic E-state index is -0.525. The number of nitrogens with one attached hydrogen (secondary N) is 1. The number of anilines is 2. The average molecular weight is 327 g/mol. The molecule has 1 aliphatic rings. The molecule has 1 saturated heterocycles. The van der Waals surface area contributed by atoms with E-state index in [9.17, 15) is 20.0 Å². The van der Waals surface area contributed by atoms with Gasteiger partial charge in [0.15, 0.2) is 0 Å². The number of nitro benzene ring substituents is 1. The van der Waals surface area contributed by atoms with E-state index >= 15 is 0 Å². The van der Waals surface area contributed by atoms with Crippen LogP contribution in [0.3, 0.4) is 0 Å². The summed E-state index contributed by atoms with van der Waals surface area (Å²) in [5.74, 6) is -0.305. The third-order valence-corrected chi connectivity index (χ3v) is 3.94. The number of likely N-dealkylation sites (tertiary alicyclic amines) is 1. The standard InChI is InChI=1S/C17H17N3O4/c21-14-8-9-19(11-14)17(22)12-6-7-15(16(10-12)20(23)24)18-13-4-2-1-3-5-13/h1-7,10,14,18,21H,8-9,11H2/t14-/m1/s1. The van der Waals surface area contributed by atoms with Crippen molar-refractivity contribution in [2.75, 3.05) is 18.4 Å². The highest BCUT2D eigenvalue weighted by Gasteiger charge is 2.27. The lowest BCUT2D eigenvalue weighted by Crippen LogP contribution is -2.29. The second-order valence-electron chi connectivity index (χ2n) is 5.67. The molecule has 0 unspecified atom stereocenters. The highest BCUT2D eigenvalue weighted by Crippen LogP contribution is 2.29. The van der Waals surface area contributed by atoms with E-state index in [4.69, 9.17) is 0 Å². The van der Waals surface area contributed by atoms with Gasteiger partial charge in [-0.15, -0.1) is 0 Å². The average Bonchev–Trinajstić information content (AvgIpc) is 3.02. The van der Waals surface area contributed by atoms with Crippen molar-refractivity contribution in [3.05, 3.63) is 64.2 Å². The summed E-state index contributed by atoms with van der Waals surface area (Å²) in [5, 5.41) is 23.9. The number of amides is 1. The molecule has 3 rings (SSSR count). The Morgan fingerprint density at radius 3 is 2.62 bits per heavy atom. The predicted octanol–water partition coefficient (Wildman–Crippen LogP) is 2.55. The summed E-state index contributed by atoms with van der Waals surface area (Å²) in [6.45, 7) is 0.717. The minimum Gasteiger partial charge on any atom is -0.391 e. The van der Waals surface area contributed by atoms with Crippen LogP contribution in [0.4, 0.5) is 17.1 Å². The molecule has 0 spiro atoms. The highest BCUT2D eigenvalue weighted by molar-refractivity contribution is 5.96. The van der Waals surface area contributed by atoms with Crippen LogP contribution in [-0.2, 0) is 0 Å². The van der Waals surface area contributed by atoms with Crippen LogP contribution in [0.2, 0.25) is 0 Å². The van der Waals surface area contributed by atoms with Gasteiger partial charge < -0.3 is 15.3 Å². The van der Waals surface area contributed by atoms with Gasteiger partial charge in [-0.05, 0) is 30.7 Å². The molecule has 7 nitrogen and oxygen atoms in total. The lowest BCUT2D eigenvalue weighted by molar-refractivity contribution is -0.383. The smallest absolute Gasteiger partial charge is 0.293 e. The summed E-state index contributed by atoms with van der Waals surface area (Å²) in [5.41, 5.74) is 1.13. The first kappa shape index (κ1) is 15.9. The third-order valence-electron chi connectivity index (χ3n) is 3.94. The Morgan fingerprint density at radius 2 is 2.00 bits per heavy atom. The van der Waals surface area contributed by atoms with E-state index < -0.39 is 11.0 Å². The quantitative estimate of drug-likeness (QED) is 0.664. The van der Waals surface area contributed by atoms with Crippen LogP contribution in [0.15, 0.2) is 48.5 Å². The Balaban J connectivity index is 1.87. The van der Waals surface area contributed by atoms with E-state index in [0.717, 1.165) is 5.69 Å². The number of nitrogens with zero attached hydrogens (tertiary/aromatic N) is 2. The molecule has 2 aromatic rings. The number of para-hydroxylation sites is 1. The number of carbonyl (C=O) groups is 1. The van der Waals surface area contributed by atoms with E-state index in [1.807, 2.05) is 18.2 Å². The van der Waals surface area contributed by atoms with Crippen LogP contribution < -0.4 is 5.32 Å². The molecule has 24 heavy (non-hydrogen) atoms. The van der Waals surface area contributed by atoms with Crippen molar-refractivity contribution in [2.45, 2.75) is 12.5 Å². The fraction of sp³-hybridized carbons (Fsp3) is 0.235. The predicted molar refractivity (Wildman–Crippen MR) is 89.3 cm³/mol. The van der Waals surface area contributed by atoms with Gasteiger partial charge in [0.2, 0.25) is 0 Å². The first-order chi connectivity index (χ1) is 11.5. The molecule has 0 bridgehead atoms. The normalized spacial score (nSPS) is 16.9. The Bertz CT molecular complexity index is 764. The zero-order chi connectivity index (χ0) is 17.1. The van der Waals surface area contributed by atoms with Crippen LogP contribution in [0, 0.1) is 10.1 Å². The Kier molecular flexibility index (Phi) is 4.43. The van der Waals surface area contributed by atoms with Gasteiger partial charge in [-0.3, -0.25) is 14.9 Å². The molecule has 1 atom stereocenters. The van der Waals surface area contributed by atoms with Crippen molar-refractivity contribution in [1.29, 1.82) is 0 Å². The van der Waals surface area contributed by atoms with Crippen molar-refractivity contribution in [2.24, 2.45) is 0 Å². The molecule has 0 aromatic heterocycles. The molecule has 0 saturated carbocycles. The molecular formula is C17H17N3O4. The summed E-state index contributed by atoms with van der Waals surface area (Å²) in [4.78, 5) is 24.8. The molecule has 7 heteroatoms. The number of rotatable bonds is 4. The van der Waals surface area contributed by atoms with Crippen LogP contribution in [0.1, 0.15) is 16.8 Å². The van der Waals surface area contributed by atoms with E-state index in [2.05, 4.69) is 5.32 Å². The van der Waals surface area contributed by atoms with Crippen LogP contribution >= 0.6 is 0 Å². The summed E-state index contributed by atoms with van der Waals surface area (Å²) in [6.07, 6.45) is 0.00421. The SMILES string of the molecule is O=C(c1ccc(Nc2ccccc2)c([N+](=O)[O-])c1)N1CC[C@@H](O)C1. The first-order valence-corrected chi connectivity index (χ1v) is 7.62. The summed E-state index contributed by atoms with van der Waals surface area (Å²) >= 11 is 0. The number of nitro groups is 1. The monoisotopic (exact) mass is 327 g/mol. The molecule has 2 aromatic carbocycles. The molecule has 2 N–H and O–H groups in total. The van der Waals surface area contributed by atoms with E-state index in [0.29, 0.717) is 18.7 Å². The molecule has 1 aliphatic heterocycles. The van der Waals surface area contributed by atoms with Gasteiger partial charge in [-0.2, -0.15) is 0 Å². The van der Waals surface area contributed by atoms with Crippen LogP contribution in [-0.4, -0.2) is 40.0 Å². The van der Waals surface area contributed by atoms with E-state index in [1.54, 1.807) is 18.2 Å². The van der Waals surface area contributed by atoms with Crippen LogP contribution in [0.5, 0.6) is 0 Å². The fourth-order valence-corrected chi connectivity index (χ4v) is 2.71. The van der Waals surface area contributed by atoms with Crippen LogP contribution in [0.25, 0.3) is 0 Å². The molecule has 1 heterocycles. The summed E-state index contributed by atoms with van der Waals surface area (Å²) in [6, 6.07) is 13.5. The Labute approximate surface area is 138 Å². The van der Waals surface area contributed by atoms with E-state index in [-0.39, 0.29) is 23.7 Å². The number of benzene rings is 2. The van der Waals surface area contributed by atoms with E-state index in [1.165, 1.54) is 17.0 Å². The second-order valence-corrected chi connectivity index (χ2v) is 5.67. The van der Waals surface area contributed by atoms with Gasteiger partial charge >= 0.3 is 0 Å².